The molecule has 1 spiro atoms. The summed E-state index contributed by atoms with van der Waals surface area (Å²) in [6.45, 7) is 3.65. The molecule has 1 N–H and O–H groups in total. The third kappa shape index (κ3) is 2.57. The first-order chi connectivity index (χ1) is 13.1. The van der Waals surface area contributed by atoms with Crippen LogP contribution in [0.2, 0.25) is 0 Å². The number of rotatable bonds is 2. The molecule has 5 rings (SSSR count). The average molecular weight is 369 g/mol. The Kier molecular flexibility index (Phi) is 3.63. The van der Waals surface area contributed by atoms with Crippen molar-refractivity contribution in [3.63, 3.8) is 0 Å². The van der Waals surface area contributed by atoms with Crippen LogP contribution in [0.3, 0.4) is 0 Å². The van der Waals surface area contributed by atoms with Gasteiger partial charge >= 0.3 is 0 Å². The molecule has 0 unspecified atom stereocenters. The van der Waals surface area contributed by atoms with Gasteiger partial charge in [0.25, 0.3) is 5.91 Å². The van der Waals surface area contributed by atoms with Gasteiger partial charge in [-0.25, -0.2) is 4.98 Å². The second-order valence-corrected chi connectivity index (χ2v) is 7.89. The zero-order chi connectivity index (χ0) is 18.6. The molecule has 1 saturated heterocycles. The molecule has 4 heterocycles. The smallest absolute Gasteiger partial charge is 0.276 e. The van der Waals surface area contributed by atoms with Gasteiger partial charge in [0.1, 0.15) is 5.76 Å². The summed E-state index contributed by atoms with van der Waals surface area (Å²) in [5.41, 5.74) is 2.07. The van der Waals surface area contributed by atoms with E-state index in [4.69, 9.17) is 4.52 Å². The first-order valence-corrected chi connectivity index (χ1v) is 9.65. The predicted octanol–water partition coefficient (Wildman–Crippen LogP) is 1.63. The molecule has 0 atom stereocenters. The van der Waals surface area contributed by atoms with Crippen molar-refractivity contribution in [3.8, 4) is 0 Å². The van der Waals surface area contributed by atoms with Gasteiger partial charge in [-0.1, -0.05) is 5.16 Å². The van der Waals surface area contributed by atoms with E-state index in [0.717, 1.165) is 37.2 Å². The molecule has 2 aliphatic heterocycles. The number of H-pyrrole nitrogens is 1. The maximum atomic E-state index is 13.0. The molecule has 2 amide bonds. The van der Waals surface area contributed by atoms with Gasteiger partial charge in [0, 0.05) is 43.7 Å². The highest BCUT2D eigenvalue weighted by Gasteiger charge is 2.51. The number of amides is 2. The van der Waals surface area contributed by atoms with Gasteiger partial charge in [-0.2, -0.15) is 0 Å². The molecule has 1 saturated carbocycles. The summed E-state index contributed by atoms with van der Waals surface area (Å²) >= 11 is 0. The van der Waals surface area contributed by atoms with Crippen molar-refractivity contribution < 1.29 is 14.1 Å². The summed E-state index contributed by atoms with van der Waals surface area (Å²) in [4.78, 5) is 37.4. The average Bonchev–Trinajstić information content (AvgIpc) is 3.25. The highest BCUT2D eigenvalue weighted by atomic mass is 16.5. The number of hydrogen-bond acceptors (Lipinski definition) is 5. The molecule has 8 nitrogen and oxygen atoms in total. The lowest BCUT2D eigenvalue weighted by atomic mass is 9.78. The Morgan fingerprint density at radius 3 is 2.70 bits per heavy atom. The number of nitrogens with zero attached hydrogens (tertiary/aromatic N) is 4. The van der Waals surface area contributed by atoms with Crippen LogP contribution in [-0.2, 0) is 16.8 Å². The van der Waals surface area contributed by atoms with Gasteiger partial charge in [-0.15, -0.1) is 0 Å². The minimum atomic E-state index is -0.399. The number of aromatic nitrogens is 3. The number of fused-ring (bicyclic) bond motifs is 2. The second kappa shape index (κ2) is 5.94. The fraction of sp³-hybridized carbons (Fsp3) is 0.579. The van der Waals surface area contributed by atoms with Crippen LogP contribution in [0.5, 0.6) is 0 Å². The van der Waals surface area contributed by atoms with E-state index in [1.807, 2.05) is 4.90 Å². The predicted molar refractivity (Wildman–Crippen MR) is 94.8 cm³/mol. The summed E-state index contributed by atoms with van der Waals surface area (Å²) in [5.74, 6) is 0.956. The monoisotopic (exact) mass is 369 g/mol. The van der Waals surface area contributed by atoms with Crippen LogP contribution in [0.15, 0.2) is 16.9 Å². The summed E-state index contributed by atoms with van der Waals surface area (Å²) in [6, 6.07) is 1.67. The molecule has 27 heavy (non-hydrogen) atoms. The van der Waals surface area contributed by atoms with Crippen LogP contribution in [0.4, 0.5) is 0 Å². The number of hydrogen-bond donors (Lipinski definition) is 1. The Labute approximate surface area is 156 Å². The molecule has 142 valence electrons. The number of carbonyl (C=O) groups excluding carboxylic acids is 2. The van der Waals surface area contributed by atoms with Crippen LogP contribution in [0, 0.1) is 12.8 Å². The summed E-state index contributed by atoms with van der Waals surface area (Å²) in [7, 11) is 0. The molecular formula is C19H23N5O3. The van der Waals surface area contributed by atoms with E-state index in [1.54, 1.807) is 19.3 Å². The van der Waals surface area contributed by atoms with Crippen molar-refractivity contribution in [1.82, 2.24) is 24.9 Å². The SMILES string of the molecule is Cc1cc(C(=O)N2CCC3(CC2)c2nc[nH]c2CCN3C(=O)C2CC2)no1. The molecule has 0 radical (unpaired) electrons. The number of piperidine rings is 1. The van der Waals surface area contributed by atoms with E-state index in [2.05, 4.69) is 20.0 Å². The first kappa shape index (κ1) is 16.5. The lowest BCUT2D eigenvalue weighted by Crippen LogP contribution is -2.59. The van der Waals surface area contributed by atoms with E-state index in [-0.39, 0.29) is 17.7 Å². The lowest BCUT2D eigenvalue weighted by Gasteiger charge is -2.50. The van der Waals surface area contributed by atoms with Crippen molar-refractivity contribution in [2.45, 2.75) is 44.6 Å². The van der Waals surface area contributed by atoms with Crippen molar-refractivity contribution in [1.29, 1.82) is 0 Å². The molecule has 8 heteroatoms. The normalized spacial score (nSPS) is 21.4. The minimum Gasteiger partial charge on any atom is -0.361 e. The molecule has 2 aromatic rings. The van der Waals surface area contributed by atoms with E-state index >= 15 is 0 Å². The van der Waals surface area contributed by atoms with Gasteiger partial charge < -0.3 is 19.3 Å². The van der Waals surface area contributed by atoms with E-state index in [1.165, 1.54) is 0 Å². The van der Waals surface area contributed by atoms with E-state index < -0.39 is 5.54 Å². The van der Waals surface area contributed by atoms with Gasteiger partial charge in [0.15, 0.2) is 5.69 Å². The molecule has 2 fully saturated rings. The summed E-state index contributed by atoms with van der Waals surface area (Å²) in [5, 5.41) is 3.85. The minimum absolute atomic E-state index is 0.111. The summed E-state index contributed by atoms with van der Waals surface area (Å²) in [6.07, 6.45) is 5.94. The van der Waals surface area contributed by atoms with Crippen LogP contribution in [0.1, 0.15) is 53.3 Å². The fourth-order valence-electron chi connectivity index (χ4n) is 4.57. The van der Waals surface area contributed by atoms with Gasteiger partial charge in [-0.3, -0.25) is 9.59 Å². The number of carbonyl (C=O) groups is 2. The molecule has 2 aromatic heterocycles. The molecule has 3 aliphatic rings. The number of nitrogens with one attached hydrogen (secondary N) is 1. The lowest BCUT2D eigenvalue weighted by molar-refractivity contribution is -0.143. The van der Waals surface area contributed by atoms with Crippen molar-refractivity contribution in [2.75, 3.05) is 19.6 Å². The fourth-order valence-corrected chi connectivity index (χ4v) is 4.57. The molecular weight excluding hydrogens is 346 g/mol. The third-order valence-electron chi connectivity index (χ3n) is 6.18. The third-order valence-corrected chi connectivity index (χ3v) is 6.18. The zero-order valence-electron chi connectivity index (χ0n) is 15.4. The number of aromatic amines is 1. The highest BCUT2D eigenvalue weighted by molar-refractivity contribution is 5.92. The standard InChI is InChI=1S/C19H23N5O3/c1-12-10-15(22-27-12)18(26)23-8-5-19(6-9-23)16-14(20-11-21-16)4-7-24(19)17(25)13-2-3-13/h10-11,13H,2-9H2,1H3,(H,20,21). The van der Waals surface area contributed by atoms with E-state index in [9.17, 15) is 9.59 Å². The Bertz CT molecular complexity index is 889. The zero-order valence-corrected chi connectivity index (χ0v) is 15.4. The second-order valence-electron chi connectivity index (χ2n) is 7.89. The Hall–Kier alpha value is -2.64. The van der Waals surface area contributed by atoms with Gasteiger partial charge in [-0.05, 0) is 32.6 Å². The van der Waals surface area contributed by atoms with Crippen LogP contribution in [0.25, 0.3) is 0 Å². The van der Waals surface area contributed by atoms with E-state index in [0.29, 0.717) is 37.4 Å². The number of imidazole rings is 1. The highest BCUT2D eigenvalue weighted by Crippen LogP contribution is 2.45. The van der Waals surface area contributed by atoms with Crippen LogP contribution in [-0.4, -0.2) is 56.4 Å². The molecule has 0 bridgehead atoms. The molecule has 1 aliphatic carbocycles. The molecule has 0 aromatic carbocycles. The Morgan fingerprint density at radius 1 is 1.26 bits per heavy atom. The summed E-state index contributed by atoms with van der Waals surface area (Å²) < 4.78 is 5.04. The van der Waals surface area contributed by atoms with Gasteiger partial charge in [0.2, 0.25) is 5.91 Å². The van der Waals surface area contributed by atoms with Crippen LogP contribution < -0.4 is 0 Å². The first-order valence-electron chi connectivity index (χ1n) is 9.65. The van der Waals surface area contributed by atoms with Crippen LogP contribution >= 0.6 is 0 Å². The van der Waals surface area contributed by atoms with Crippen molar-refractivity contribution in [3.05, 3.63) is 35.2 Å². The largest absolute Gasteiger partial charge is 0.361 e. The van der Waals surface area contributed by atoms with Crippen molar-refractivity contribution in [2.24, 2.45) is 5.92 Å². The Balaban J connectivity index is 1.41. The van der Waals surface area contributed by atoms with Gasteiger partial charge in [0.05, 0.1) is 17.6 Å². The maximum Gasteiger partial charge on any atom is 0.276 e. The number of aryl methyl sites for hydroxylation is 1. The topological polar surface area (TPSA) is 95.3 Å². The number of likely N-dealkylation sites (tertiary alicyclic amines) is 1. The van der Waals surface area contributed by atoms with Crippen molar-refractivity contribution >= 4 is 11.8 Å². The maximum absolute atomic E-state index is 13.0. The Morgan fingerprint density at radius 2 is 2.04 bits per heavy atom. The quantitative estimate of drug-likeness (QED) is 0.868.